The zero-order chi connectivity index (χ0) is 26.7. The van der Waals surface area contributed by atoms with E-state index in [9.17, 15) is 4.79 Å². The van der Waals surface area contributed by atoms with Crippen LogP contribution in [0.2, 0.25) is 5.02 Å². The van der Waals surface area contributed by atoms with Gasteiger partial charge < -0.3 is 30.7 Å². The van der Waals surface area contributed by atoms with Gasteiger partial charge in [-0.2, -0.15) is 15.0 Å². The average Bonchev–Trinajstić information content (AvgIpc) is 2.90. The first-order chi connectivity index (χ1) is 18.5. The largest absolute Gasteiger partial charge is 0.494 e. The molecule has 196 valence electrons. The van der Waals surface area contributed by atoms with Crippen LogP contribution in [0.5, 0.6) is 11.5 Å². The van der Waals surface area contributed by atoms with Crippen LogP contribution in [-0.2, 0) is 4.79 Å². The highest BCUT2D eigenvalue weighted by molar-refractivity contribution is 6.30. The summed E-state index contributed by atoms with van der Waals surface area (Å²) in [6.07, 6.45) is 0. The second-order valence-electron chi connectivity index (χ2n) is 7.88. The number of hydrogen-bond donors (Lipinski definition) is 4. The molecule has 0 atom stereocenters. The Bertz CT molecular complexity index is 1280. The highest BCUT2D eigenvalue weighted by atomic mass is 35.5. The number of nitrogens with one attached hydrogen (secondary N) is 4. The number of hydrogen-bond acceptors (Lipinski definition) is 9. The van der Waals surface area contributed by atoms with Crippen molar-refractivity contribution in [2.24, 2.45) is 0 Å². The molecule has 0 fully saturated rings. The Morgan fingerprint density at radius 3 is 1.76 bits per heavy atom. The number of anilines is 6. The molecule has 0 saturated heterocycles. The SMILES string of the molecule is CCOc1ccc(Nc2nc(NCC(=O)Nc3cccc(Cl)c3)nc(Nc3ccc(OCC)cc3)n2)cc1. The van der Waals surface area contributed by atoms with E-state index in [4.69, 9.17) is 21.1 Å². The Labute approximate surface area is 225 Å². The molecule has 38 heavy (non-hydrogen) atoms. The fourth-order valence-electron chi connectivity index (χ4n) is 3.36. The van der Waals surface area contributed by atoms with Gasteiger partial charge in [-0.1, -0.05) is 17.7 Å². The third kappa shape index (κ3) is 7.97. The van der Waals surface area contributed by atoms with Crippen molar-refractivity contribution in [3.63, 3.8) is 0 Å². The van der Waals surface area contributed by atoms with E-state index in [1.54, 1.807) is 24.3 Å². The van der Waals surface area contributed by atoms with Crippen molar-refractivity contribution in [3.05, 3.63) is 77.8 Å². The number of ether oxygens (including phenoxy) is 2. The van der Waals surface area contributed by atoms with Crippen molar-refractivity contribution in [1.82, 2.24) is 15.0 Å². The zero-order valence-corrected chi connectivity index (χ0v) is 21.7. The van der Waals surface area contributed by atoms with Crippen LogP contribution in [0.15, 0.2) is 72.8 Å². The first-order valence-corrected chi connectivity index (χ1v) is 12.4. The average molecular weight is 534 g/mol. The summed E-state index contributed by atoms with van der Waals surface area (Å²) < 4.78 is 11.0. The van der Waals surface area contributed by atoms with E-state index >= 15 is 0 Å². The predicted octanol–water partition coefficient (Wildman–Crippen LogP) is 5.86. The molecule has 0 aliphatic carbocycles. The number of carbonyl (C=O) groups is 1. The van der Waals surface area contributed by atoms with E-state index in [-0.39, 0.29) is 30.3 Å². The third-order valence-corrected chi connectivity index (χ3v) is 5.23. The number of aromatic nitrogens is 3. The number of rotatable bonds is 12. The van der Waals surface area contributed by atoms with Gasteiger partial charge >= 0.3 is 0 Å². The maximum absolute atomic E-state index is 12.5. The lowest BCUT2D eigenvalue weighted by Gasteiger charge is -2.12. The van der Waals surface area contributed by atoms with Crippen LogP contribution in [0, 0.1) is 0 Å². The normalized spacial score (nSPS) is 10.4. The molecule has 0 unspecified atom stereocenters. The molecule has 4 aromatic rings. The van der Waals surface area contributed by atoms with Gasteiger partial charge in [0.25, 0.3) is 0 Å². The summed E-state index contributed by atoms with van der Waals surface area (Å²) in [5, 5.41) is 12.6. The highest BCUT2D eigenvalue weighted by Crippen LogP contribution is 2.22. The lowest BCUT2D eigenvalue weighted by Crippen LogP contribution is -2.23. The lowest BCUT2D eigenvalue weighted by molar-refractivity contribution is -0.114. The molecule has 10 nitrogen and oxygen atoms in total. The molecule has 0 bridgehead atoms. The Morgan fingerprint density at radius 1 is 0.737 bits per heavy atom. The lowest BCUT2D eigenvalue weighted by atomic mass is 10.3. The van der Waals surface area contributed by atoms with Crippen LogP contribution in [0.1, 0.15) is 13.8 Å². The molecule has 0 saturated carbocycles. The molecule has 1 heterocycles. The van der Waals surface area contributed by atoms with Crippen molar-refractivity contribution < 1.29 is 14.3 Å². The van der Waals surface area contributed by atoms with Gasteiger partial charge in [-0.25, -0.2) is 0 Å². The molecule has 0 radical (unpaired) electrons. The van der Waals surface area contributed by atoms with Gasteiger partial charge in [-0.3, -0.25) is 4.79 Å². The summed E-state index contributed by atoms with van der Waals surface area (Å²) in [5.74, 6) is 2.03. The fraction of sp³-hybridized carbons (Fsp3) is 0.185. The number of benzene rings is 3. The van der Waals surface area contributed by atoms with Crippen LogP contribution in [0.3, 0.4) is 0 Å². The van der Waals surface area contributed by atoms with Crippen molar-refractivity contribution in [2.45, 2.75) is 13.8 Å². The second-order valence-corrected chi connectivity index (χ2v) is 8.32. The van der Waals surface area contributed by atoms with Gasteiger partial charge in [-0.15, -0.1) is 0 Å². The third-order valence-electron chi connectivity index (χ3n) is 4.99. The van der Waals surface area contributed by atoms with Gasteiger partial charge in [0.1, 0.15) is 11.5 Å². The van der Waals surface area contributed by atoms with Crippen LogP contribution in [0.4, 0.5) is 34.9 Å². The molecule has 1 aromatic heterocycles. The summed E-state index contributed by atoms with van der Waals surface area (Å²) in [4.78, 5) is 25.8. The Morgan fingerprint density at radius 2 is 1.26 bits per heavy atom. The molecule has 4 rings (SSSR count). The molecule has 4 N–H and O–H groups in total. The quantitative estimate of drug-likeness (QED) is 0.177. The summed E-state index contributed by atoms with van der Waals surface area (Å²) in [7, 11) is 0. The number of carbonyl (C=O) groups excluding carboxylic acids is 1. The van der Waals surface area contributed by atoms with Gasteiger partial charge in [0, 0.05) is 22.1 Å². The van der Waals surface area contributed by atoms with Crippen molar-refractivity contribution in [1.29, 1.82) is 0 Å². The molecular weight excluding hydrogens is 506 g/mol. The van der Waals surface area contributed by atoms with E-state index in [1.165, 1.54) is 0 Å². The van der Waals surface area contributed by atoms with Crippen molar-refractivity contribution in [2.75, 3.05) is 41.0 Å². The molecule has 3 aromatic carbocycles. The minimum atomic E-state index is -0.283. The fourth-order valence-corrected chi connectivity index (χ4v) is 3.55. The van der Waals surface area contributed by atoms with Gasteiger partial charge in [-0.05, 0) is 80.6 Å². The molecule has 1 amide bonds. The maximum atomic E-state index is 12.5. The van der Waals surface area contributed by atoms with Crippen LogP contribution >= 0.6 is 11.6 Å². The van der Waals surface area contributed by atoms with Crippen molar-refractivity contribution in [3.8, 4) is 11.5 Å². The van der Waals surface area contributed by atoms with Crippen LogP contribution in [0.25, 0.3) is 0 Å². The minimum absolute atomic E-state index is 0.0679. The van der Waals surface area contributed by atoms with E-state index < -0.39 is 0 Å². The summed E-state index contributed by atoms with van der Waals surface area (Å²) in [5.41, 5.74) is 2.11. The molecule has 0 spiro atoms. The standard InChI is InChI=1S/C27H28ClN7O3/c1-3-37-22-12-8-19(9-13-22)31-26-33-25(29-17-24(36)30-21-7-5-6-18(28)16-21)34-27(35-26)32-20-10-14-23(15-11-20)38-4-2/h5-16H,3-4,17H2,1-2H3,(H,30,36)(H3,29,31,32,33,34,35). The van der Waals surface area contributed by atoms with Crippen LogP contribution in [-0.4, -0.2) is 40.6 Å². The Hall–Kier alpha value is -4.57. The summed E-state index contributed by atoms with van der Waals surface area (Å²) >= 11 is 6.00. The van der Waals surface area contributed by atoms with E-state index in [1.807, 2.05) is 62.4 Å². The van der Waals surface area contributed by atoms with Crippen molar-refractivity contribution >= 4 is 52.4 Å². The predicted molar refractivity (Wildman–Crippen MR) is 150 cm³/mol. The van der Waals surface area contributed by atoms with Gasteiger partial charge in [0.05, 0.1) is 19.8 Å². The smallest absolute Gasteiger partial charge is 0.243 e. The van der Waals surface area contributed by atoms with E-state index in [2.05, 4.69) is 36.2 Å². The number of halogens is 1. The number of amides is 1. The summed E-state index contributed by atoms with van der Waals surface area (Å²) in [6.45, 7) is 4.96. The maximum Gasteiger partial charge on any atom is 0.243 e. The second kappa shape index (κ2) is 13.1. The van der Waals surface area contributed by atoms with Gasteiger partial charge in [0.2, 0.25) is 23.8 Å². The topological polar surface area (TPSA) is 122 Å². The minimum Gasteiger partial charge on any atom is -0.494 e. The molecule has 11 heteroatoms. The van der Waals surface area contributed by atoms with Gasteiger partial charge in [0.15, 0.2) is 0 Å². The molecule has 0 aliphatic heterocycles. The van der Waals surface area contributed by atoms with E-state index in [0.29, 0.717) is 23.9 Å². The molecular formula is C27H28ClN7O3. The Kier molecular flexibility index (Phi) is 9.14. The molecule has 0 aliphatic rings. The zero-order valence-electron chi connectivity index (χ0n) is 21.0. The highest BCUT2D eigenvalue weighted by Gasteiger charge is 2.10. The van der Waals surface area contributed by atoms with E-state index in [0.717, 1.165) is 22.9 Å². The first-order valence-electron chi connectivity index (χ1n) is 12.1. The van der Waals surface area contributed by atoms with Crippen LogP contribution < -0.4 is 30.7 Å². The first kappa shape index (κ1) is 26.5. The Balaban J connectivity index is 1.50. The number of nitrogens with zero attached hydrogens (tertiary/aromatic N) is 3. The summed E-state index contributed by atoms with van der Waals surface area (Å²) in [6, 6.07) is 21.8. The monoisotopic (exact) mass is 533 g/mol.